The maximum absolute atomic E-state index is 11.0. The standard InChI is InChI=1S/C16H20ClN3O/c1-3-8-20-9-4-5-14(20)11-18-13-6-7-16(15(17)10-13)19-12(2)21/h4-7,9-10,18H,3,8,11H2,1-2H3,(H,19,21). The lowest BCUT2D eigenvalue weighted by atomic mass is 10.2. The molecule has 0 fully saturated rings. The van der Waals surface area contributed by atoms with Crippen molar-refractivity contribution in [3.63, 3.8) is 0 Å². The predicted molar refractivity (Wildman–Crippen MR) is 87.8 cm³/mol. The number of hydrogen-bond donors (Lipinski definition) is 2. The number of amides is 1. The Morgan fingerprint density at radius 2 is 2.14 bits per heavy atom. The molecular formula is C16H20ClN3O. The van der Waals surface area contributed by atoms with Crippen LogP contribution in [0.25, 0.3) is 0 Å². The number of anilines is 2. The second kappa shape index (κ2) is 7.18. The quantitative estimate of drug-likeness (QED) is 0.843. The predicted octanol–water partition coefficient (Wildman–Crippen LogP) is 4.12. The zero-order valence-corrected chi connectivity index (χ0v) is 13.1. The first-order valence-electron chi connectivity index (χ1n) is 7.05. The molecule has 0 spiro atoms. The van der Waals surface area contributed by atoms with E-state index in [-0.39, 0.29) is 5.91 Å². The molecule has 0 saturated heterocycles. The van der Waals surface area contributed by atoms with Crippen LogP contribution in [0.15, 0.2) is 36.5 Å². The molecule has 4 nitrogen and oxygen atoms in total. The minimum atomic E-state index is -0.130. The SMILES string of the molecule is CCCn1cccc1CNc1ccc(NC(C)=O)c(Cl)c1. The highest BCUT2D eigenvalue weighted by Crippen LogP contribution is 2.25. The van der Waals surface area contributed by atoms with Crippen molar-refractivity contribution < 1.29 is 4.79 Å². The van der Waals surface area contributed by atoms with Crippen LogP contribution in [-0.2, 0) is 17.9 Å². The van der Waals surface area contributed by atoms with Crippen molar-refractivity contribution in [2.75, 3.05) is 10.6 Å². The molecule has 0 bridgehead atoms. The Morgan fingerprint density at radius 1 is 1.33 bits per heavy atom. The molecule has 112 valence electrons. The van der Waals surface area contributed by atoms with Gasteiger partial charge in [-0.1, -0.05) is 18.5 Å². The van der Waals surface area contributed by atoms with Crippen LogP contribution in [0, 0.1) is 0 Å². The van der Waals surface area contributed by atoms with Crippen LogP contribution in [0.2, 0.25) is 5.02 Å². The summed E-state index contributed by atoms with van der Waals surface area (Å²) in [6, 6.07) is 9.69. The summed E-state index contributed by atoms with van der Waals surface area (Å²) in [6.45, 7) is 5.39. The van der Waals surface area contributed by atoms with E-state index in [0.717, 1.165) is 25.2 Å². The Kier molecular flexibility index (Phi) is 5.28. The molecular weight excluding hydrogens is 286 g/mol. The molecule has 2 rings (SSSR count). The normalized spacial score (nSPS) is 10.4. The molecule has 0 unspecified atom stereocenters. The van der Waals surface area contributed by atoms with E-state index in [1.807, 2.05) is 12.1 Å². The van der Waals surface area contributed by atoms with Gasteiger partial charge in [0.25, 0.3) is 0 Å². The molecule has 0 atom stereocenters. The van der Waals surface area contributed by atoms with Crippen LogP contribution < -0.4 is 10.6 Å². The minimum absolute atomic E-state index is 0.130. The van der Waals surface area contributed by atoms with Gasteiger partial charge in [-0.2, -0.15) is 0 Å². The third-order valence-corrected chi connectivity index (χ3v) is 3.45. The molecule has 5 heteroatoms. The fourth-order valence-corrected chi connectivity index (χ4v) is 2.41. The van der Waals surface area contributed by atoms with Crippen LogP contribution in [-0.4, -0.2) is 10.5 Å². The van der Waals surface area contributed by atoms with Gasteiger partial charge in [0, 0.05) is 31.0 Å². The number of nitrogens with zero attached hydrogens (tertiary/aromatic N) is 1. The summed E-state index contributed by atoms with van der Waals surface area (Å²) in [7, 11) is 0. The van der Waals surface area contributed by atoms with Gasteiger partial charge in [-0.25, -0.2) is 0 Å². The van der Waals surface area contributed by atoms with E-state index in [9.17, 15) is 4.79 Å². The van der Waals surface area contributed by atoms with Gasteiger partial charge in [-0.15, -0.1) is 0 Å². The highest BCUT2D eigenvalue weighted by molar-refractivity contribution is 6.34. The number of rotatable bonds is 6. The van der Waals surface area contributed by atoms with Gasteiger partial charge in [0.05, 0.1) is 17.3 Å². The maximum atomic E-state index is 11.0. The van der Waals surface area contributed by atoms with Crippen LogP contribution in [0.4, 0.5) is 11.4 Å². The van der Waals surface area contributed by atoms with Gasteiger partial charge in [0.2, 0.25) is 5.91 Å². The average Bonchev–Trinajstić information content (AvgIpc) is 2.87. The van der Waals surface area contributed by atoms with Crippen molar-refractivity contribution in [2.24, 2.45) is 0 Å². The number of nitrogens with one attached hydrogen (secondary N) is 2. The van der Waals surface area contributed by atoms with Crippen molar-refractivity contribution in [1.29, 1.82) is 0 Å². The van der Waals surface area contributed by atoms with E-state index in [2.05, 4.69) is 40.5 Å². The number of benzene rings is 1. The smallest absolute Gasteiger partial charge is 0.221 e. The van der Waals surface area contributed by atoms with Crippen LogP contribution in [0.5, 0.6) is 0 Å². The van der Waals surface area contributed by atoms with Gasteiger partial charge in [0.1, 0.15) is 0 Å². The lowest BCUT2D eigenvalue weighted by molar-refractivity contribution is -0.114. The Bertz CT molecular complexity index is 622. The van der Waals surface area contributed by atoms with Gasteiger partial charge >= 0.3 is 0 Å². The average molecular weight is 306 g/mol. The number of carbonyl (C=O) groups excluding carboxylic acids is 1. The second-order valence-corrected chi connectivity index (χ2v) is 5.33. The molecule has 1 aromatic carbocycles. The summed E-state index contributed by atoms with van der Waals surface area (Å²) in [5.41, 5.74) is 2.79. The second-order valence-electron chi connectivity index (χ2n) is 4.92. The summed E-state index contributed by atoms with van der Waals surface area (Å²) >= 11 is 6.16. The Labute approximate surface area is 130 Å². The van der Waals surface area contributed by atoms with Crippen molar-refractivity contribution in [3.05, 3.63) is 47.2 Å². The van der Waals surface area contributed by atoms with Crippen molar-refractivity contribution >= 4 is 28.9 Å². The van der Waals surface area contributed by atoms with Crippen molar-refractivity contribution in [3.8, 4) is 0 Å². The third kappa shape index (κ3) is 4.26. The van der Waals surface area contributed by atoms with Crippen LogP contribution in [0.1, 0.15) is 26.0 Å². The third-order valence-electron chi connectivity index (χ3n) is 3.14. The highest BCUT2D eigenvalue weighted by atomic mass is 35.5. The van der Waals surface area contributed by atoms with Crippen molar-refractivity contribution in [1.82, 2.24) is 4.57 Å². The Balaban J connectivity index is 2.01. The number of aromatic nitrogens is 1. The fourth-order valence-electron chi connectivity index (χ4n) is 2.18. The largest absolute Gasteiger partial charge is 0.379 e. The van der Waals surface area contributed by atoms with Gasteiger partial charge in [-0.3, -0.25) is 4.79 Å². The van der Waals surface area contributed by atoms with E-state index >= 15 is 0 Å². The summed E-state index contributed by atoms with van der Waals surface area (Å²) in [4.78, 5) is 11.0. The molecule has 0 aliphatic carbocycles. The molecule has 0 aliphatic rings. The van der Waals surface area contributed by atoms with Crippen LogP contribution >= 0.6 is 11.6 Å². The molecule has 1 aromatic heterocycles. The number of hydrogen-bond acceptors (Lipinski definition) is 2. The first kappa shape index (κ1) is 15.4. The van der Waals surface area contributed by atoms with Crippen LogP contribution in [0.3, 0.4) is 0 Å². The maximum Gasteiger partial charge on any atom is 0.221 e. The first-order chi connectivity index (χ1) is 10.1. The summed E-state index contributed by atoms with van der Waals surface area (Å²) in [5, 5.41) is 6.57. The summed E-state index contributed by atoms with van der Waals surface area (Å²) in [6.07, 6.45) is 3.20. The Morgan fingerprint density at radius 3 is 2.81 bits per heavy atom. The van der Waals surface area contributed by atoms with Gasteiger partial charge in [0.15, 0.2) is 0 Å². The number of halogens is 1. The zero-order chi connectivity index (χ0) is 15.2. The Hall–Kier alpha value is -1.94. The lowest BCUT2D eigenvalue weighted by Crippen LogP contribution is -2.08. The molecule has 2 aromatic rings. The molecule has 21 heavy (non-hydrogen) atoms. The van der Waals surface area contributed by atoms with E-state index in [1.165, 1.54) is 12.6 Å². The van der Waals surface area contributed by atoms with E-state index in [0.29, 0.717) is 10.7 Å². The van der Waals surface area contributed by atoms with Crippen molar-refractivity contribution in [2.45, 2.75) is 33.4 Å². The fraction of sp³-hybridized carbons (Fsp3) is 0.312. The topological polar surface area (TPSA) is 46.1 Å². The molecule has 1 amide bonds. The summed E-state index contributed by atoms with van der Waals surface area (Å²) in [5.74, 6) is -0.130. The molecule has 0 aliphatic heterocycles. The molecule has 0 radical (unpaired) electrons. The lowest BCUT2D eigenvalue weighted by Gasteiger charge is -2.12. The first-order valence-corrected chi connectivity index (χ1v) is 7.43. The monoisotopic (exact) mass is 305 g/mol. The van der Waals surface area contributed by atoms with E-state index < -0.39 is 0 Å². The van der Waals surface area contributed by atoms with E-state index in [4.69, 9.17) is 11.6 Å². The summed E-state index contributed by atoms with van der Waals surface area (Å²) < 4.78 is 2.24. The van der Waals surface area contributed by atoms with E-state index in [1.54, 1.807) is 6.07 Å². The molecule has 0 saturated carbocycles. The van der Waals surface area contributed by atoms with Gasteiger partial charge < -0.3 is 15.2 Å². The number of aryl methyl sites for hydroxylation is 1. The van der Waals surface area contributed by atoms with Gasteiger partial charge in [-0.05, 0) is 36.8 Å². The molecule has 2 N–H and O–H groups in total. The number of carbonyl (C=O) groups is 1. The molecule has 1 heterocycles. The highest BCUT2D eigenvalue weighted by Gasteiger charge is 2.04. The minimum Gasteiger partial charge on any atom is -0.379 e. The zero-order valence-electron chi connectivity index (χ0n) is 12.3.